The Morgan fingerprint density at radius 3 is 3.06 bits per heavy atom. The molecule has 2 N–H and O–H groups in total. The number of carbonyl (C=O) groups excluding carboxylic acids is 1. The van der Waals surface area contributed by atoms with Gasteiger partial charge < -0.3 is 15.3 Å². The summed E-state index contributed by atoms with van der Waals surface area (Å²) in [6.45, 7) is 0.274. The average molecular weight is 270 g/mol. The van der Waals surface area contributed by atoms with Crippen LogP contribution in [0.5, 0.6) is 0 Å². The topological polar surface area (TPSA) is 82.5 Å². The van der Waals surface area contributed by atoms with Gasteiger partial charge in [-0.05, 0) is 12.5 Å². The van der Waals surface area contributed by atoms with Gasteiger partial charge in [-0.15, -0.1) is 0 Å². The molecule has 1 saturated heterocycles. The van der Waals surface area contributed by atoms with Crippen molar-refractivity contribution in [1.82, 2.24) is 10.3 Å². The highest BCUT2D eigenvalue weighted by atomic mass is 35.5. The summed E-state index contributed by atoms with van der Waals surface area (Å²) < 4.78 is 0. The Hall–Kier alpha value is -1.82. The lowest BCUT2D eigenvalue weighted by Gasteiger charge is -2.32. The van der Waals surface area contributed by atoms with Crippen LogP contribution in [0.3, 0.4) is 0 Å². The van der Waals surface area contributed by atoms with Crippen molar-refractivity contribution in [2.45, 2.75) is 18.9 Å². The molecule has 0 aliphatic carbocycles. The van der Waals surface area contributed by atoms with E-state index in [1.54, 1.807) is 6.07 Å². The van der Waals surface area contributed by atoms with Crippen molar-refractivity contribution in [1.29, 1.82) is 0 Å². The van der Waals surface area contributed by atoms with E-state index in [1.807, 2.05) is 0 Å². The lowest BCUT2D eigenvalue weighted by Crippen LogP contribution is -2.50. The minimum Gasteiger partial charge on any atom is -0.465 e. The highest BCUT2D eigenvalue weighted by Gasteiger charge is 2.28. The second kappa shape index (κ2) is 5.22. The van der Waals surface area contributed by atoms with Crippen LogP contribution in [0.15, 0.2) is 18.5 Å². The van der Waals surface area contributed by atoms with Gasteiger partial charge in [0.1, 0.15) is 0 Å². The second-order valence-electron chi connectivity index (χ2n) is 4.02. The van der Waals surface area contributed by atoms with Gasteiger partial charge in [-0.1, -0.05) is 11.6 Å². The minimum absolute atomic E-state index is 0.0756. The Morgan fingerprint density at radius 1 is 1.61 bits per heavy atom. The van der Waals surface area contributed by atoms with Gasteiger partial charge in [0.25, 0.3) is 0 Å². The number of aromatic nitrogens is 1. The van der Waals surface area contributed by atoms with Crippen LogP contribution in [0.25, 0.3) is 0 Å². The van der Waals surface area contributed by atoms with Crippen LogP contribution in [0.4, 0.5) is 10.5 Å². The van der Waals surface area contributed by atoms with E-state index in [2.05, 4.69) is 10.3 Å². The molecule has 6 nitrogen and oxygen atoms in total. The summed E-state index contributed by atoms with van der Waals surface area (Å²) in [7, 11) is 0. The van der Waals surface area contributed by atoms with Crippen molar-refractivity contribution < 1.29 is 14.7 Å². The largest absolute Gasteiger partial charge is 0.465 e. The van der Waals surface area contributed by atoms with Crippen molar-refractivity contribution in [2.75, 3.05) is 11.4 Å². The molecule has 1 unspecified atom stereocenters. The number of hydrogen-bond donors (Lipinski definition) is 2. The molecule has 0 saturated carbocycles. The molecule has 18 heavy (non-hydrogen) atoms. The Kier molecular flexibility index (Phi) is 3.66. The van der Waals surface area contributed by atoms with Gasteiger partial charge in [-0.25, -0.2) is 4.79 Å². The van der Waals surface area contributed by atoms with Crippen molar-refractivity contribution in [3.8, 4) is 0 Å². The van der Waals surface area contributed by atoms with E-state index in [9.17, 15) is 9.59 Å². The van der Waals surface area contributed by atoms with Crippen LogP contribution < -0.4 is 10.2 Å². The summed E-state index contributed by atoms with van der Waals surface area (Å²) in [6, 6.07) is 1.31. The number of rotatable bonds is 2. The maximum absolute atomic E-state index is 11.8. The van der Waals surface area contributed by atoms with E-state index in [-0.39, 0.29) is 24.9 Å². The van der Waals surface area contributed by atoms with Crippen LogP contribution in [0.1, 0.15) is 12.8 Å². The number of anilines is 1. The molecule has 1 aliphatic heterocycles. The number of carboxylic acid groups (broad SMARTS) is 1. The Labute approximate surface area is 109 Å². The molecule has 0 bridgehead atoms. The monoisotopic (exact) mass is 269 g/mol. The number of halogens is 1. The van der Waals surface area contributed by atoms with Gasteiger partial charge in [0, 0.05) is 19.2 Å². The lowest BCUT2D eigenvalue weighted by atomic mass is 10.0. The Bertz CT molecular complexity index is 480. The third-order valence-corrected chi connectivity index (χ3v) is 3.10. The maximum atomic E-state index is 11.8. The summed E-state index contributed by atoms with van der Waals surface area (Å²) in [5.41, 5.74) is 0.515. The molecule has 1 aromatic rings. The molecular weight excluding hydrogens is 258 g/mol. The molecule has 0 spiro atoms. The SMILES string of the molecule is O=C(O)NC1CCC(=O)N(c2cnccc2Cl)C1. The zero-order valence-electron chi connectivity index (χ0n) is 9.47. The second-order valence-corrected chi connectivity index (χ2v) is 4.42. The highest BCUT2D eigenvalue weighted by molar-refractivity contribution is 6.33. The Balaban J connectivity index is 2.18. The molecule has 96 valence electrons. The first-order valence-corrected chi connectivity index (χ1v) is 5.85. The molecule has 1 aromatic heterocycles. The molecule has 1 fully saturated rings. The molecular formula is C11H12ClN3O3. The molecule has 1 aliphatic rings. The molecule has 2 rings (SSSR count). The first-order valence-electron chi connectivity index (χ1n) is 5.47. The summed E-state index contributed by atoms with van der Waals surface area (Å²) in [5, 5.41) is 11.5. The van der Waals surface area contributed by atoms with Gasteiger partial charge in [-0.2, -0.15) is 0 Å². The van der Waals surface area contributed by atoms with Gasteiger partial charge in [-0.3, -0.25) is 9.78 Å². The zero-order chi connectivity index (χ0) is 13.1. The number of amides is 2. The first-order chi connectivity index (χ1) is 8.58. The number of piperidine rings is 1. The van der Waals surface area contributed by atoms with Crippen LogP contribution in [-0.2, 0) is 4.79 Å². The fraction of sp³-hybridized carbons (Fsp3) is 0.364. The van der Waals surface area contributed by atoms with E-state index >= 15 is 0 Å². The molecule has 0 radical (unpaired) electrons. The fourth-order valence-corrected chi connectivity index (χ4v) is 2.15. The number of nitrogens with zero attached hydrogens (tertiary/aromatic N) is 2. The summed E-state index contributed by atoms with van der Waals surface area (Å²) >= 11 is 6.01. The van der Waals surface area contributed by atoms with Crippen LogP contribution in [0, 0.1) is 0 Å². The third kappa shape index (κ3) is 2.70. The summed E-state index contributed by atoms with van der Waals surface area (Å²) in [4.78, 5) is 27.8. The van der Waals surface area contributed by atoms with E-state index in [4.69, 9.17) is 16.7 Å². The van der Waals surface area contributed by atoms with Crippen molar-refractivity contribution in [3.05, 3.63) is 23.5 Å². The third-order valence-electron chi connectivity index (χ3n) is 2.78. The van der Waals surface area contributed by atoms with Crippen LogP contribution >= 0.6 is 11.6 Å². The standard InChI is InChI=1S/C11H12ClN3O3/c12-8-3-4-13-5-9(8)15-6-7(14-11(17)18)1-2-10(15)16/h3-5,7,14H,1-2,6H2,(H,17,18). The van der Waals surface area contributed by atoms with Crippen molar-refractivity contribution in [3.63, 3.8) is 0 Å². The number of nitrogens with one attached hydrogen (secondary N) is 1. The number of pyridine rings is 1. The van der Waals surface area contributed by atoms with Gasteiger partial charge >= 0.3 is 6.09 Å². The van der Waals surface area contributed by atoms with Gasteiger partial charge in [0.05, 0.1) is 22.9 Å². The van der Waals surface area contributed by atoms with Crippen molar-refractivity contribution in [2.24, 2.45) is 0 Å². The van der Waals surface area contributed by atoms with E-state index in [1.165, 1.54) is 17.3 Å². The fourth-order valence-electron chi connectivity index (χ4n) is 1.94. The average Bonchev–Trinajstić information content (AvgIpc) is 2.32. The predicted octanol–water partition coefficient (Wildman–Crippen LogP) is 1.50. The van der Waals surface area contributed by atoms with Crippen LogP contribution in [-0.4, -0.2) is 34.7 Å². The molecule has 0 aromatic carbocycles. The molecule has 2 heterocycles. The molecule has 2 amide bonds. The van der Waals surface area contributed by atoms with E-state index in [0.717, 1.165) is 0 Å². The van der Waals surface area contributed by atoms with E-state index < -0.39 is 6.09 Å². The number of carbonyl (C=O) groups is 2. The summed E-state index contributed by atoms with van der Waals surface area (Å²) in [5.74, 6) is -0.0756. The van der Waals surface area contributed by atoms with Gasteiger partial charge in [0.2, 0.25) is 5.91 Å². The first kappa shape index (κ1) is 12.6. The minimum atomic E-state index is -1.09. The Morgan fingerprint density at radius 2 is 2.39 bits per heavy atom. The highest BCUT2D eigenvalue weighted by Crippen LogP contribution is 2.27. The van der Waals surface area contributed by atoms with Crippen molar-refractivity contribution >= 4 is 29.3 Å². The normalized spacial score (nSPS) is 19.7. The smallest absolute Gasteiger partial charge is 0.404 e. The predicted molar refractivity (Wildman–Crippen MR) is 65.8 cm³/mol. The quantitative estimate of drug-likeness (QED) is 0.852. The molecule has 1 atom stereocenters. The van der Waals surface area contributed by atoms with Crippen LogP contribution in [0.2, 0.25) is 5.02 Å². The lowest BCUT2D eigenvalue weighted by molar-refractivity contribution is -0.119. The maximum Gasteiger partial charge on any atom is 0.404 e. The summed E-state index contributed by atoms with van der Waals surface area (Å²) in [6.07, 6.45) is 2.73. The van der Waals surface area contributed by atoms with Gasteiger partial charge in [0.15, 0.2) is 0 Å². The molecule has 7 heteroatoms. The zero-order valence-corrected chi connectivity index (χ0v) is 10.2. The van der Waals surface area contributed by atoms with E-state index in [0.29, 0.717) is 17.1 Å². The number of hydrogen-bond acceptors (Lipinski definition) is 3.